The minimum Gasteiger partial charge on any atom is -0.507 e. The first-order valence-electron chi connectivity index (χ1n) is 8.84. The molecule has 6 nitrogen and oxygen atoms in total. The lowest BCUT2D eigenvalue weighted by Gasteiger charge is -2.03. The number of aromatic hydroxyl groups is 1. The molecule has 146 valence electrons. The van der Waals surface area contributed by atoms with E-state index in [2.05, 4.69) is 36.7 Å². The number of phenols is 1. The van der Waals surface area contributed by atoms with Gasteiger partial charge in [0, 0.05) is 10.0 Å². The van der Waals surface area contributed by atoms with Gasteiger partial charge in [0.15, 0.2) is 0 Å². The van der Waals surface area contributed by atoms with Gasteiger partial charge < -0.3 is 5.11 Å². The third-order valence-electron chi connectivity index (χ3n) is 4.27. The molecule has 0 fully saturated rings. The lowest BCUT2D eigenvalue weighted by molar-refractivity contribution is 0.0954. The zero-order valence-corrected chi connectivity index (χ0v) is 17.5. The highest BCUT2D eigenvalue weighted by Crippen LogP contribution is 2.25. The number of rotatable bonds is 5. The molecular formula is C22H19BrN4O2. The van der Waals surface area contributed by atoms with Crippen molar-refractivity contribution in [2.45, 2.75) is 13.8 Å². The van der Waals surface area contributed by atoms with Gasteiger partial charge in [0.05, 0.1) is 23.2 Å². The summed E-state index contributed by atoms with van der Waals surface area (Å²) in [5.74, 6) is -0.340. The largest absolute Gasteiger partial charge is 0.507 e. The fourth-order valence-electron chi connectivity index (χ4n) is 2.48. The van der Waals surface area contributed by atoms with Crippen LogP contribution in [-0.2, 0) is 0 Å². The number of azo groups is 1. The molecule has 1 amide bonds. The minimum absolute atomic E-state index is 0.0222. The summed E-state index contributed by atoms with van der Waals surface area (Å²) in [6.45, 7) is 4.06. The van der Waals surface area contributed by atoms with E-state index in [0.717, 1.165) is 11.3 Å². The van der Waals surface area contributed by atoms with Gasteiger partial charge in [0.1, 0.15) is 5.75 Å². The maximum Gasteiger partial charge on any atom is 0.272 e. The van der Waals surface area contributed by atoms with Gasteiger partial charge in [0.2, 0.25) is 0 Å². The van der Waals surface area contributed by atoms with Gasteiger partial charge in [-0.25, -0.2) is 5.43 Å². The molecule has 0 bridgehead atoms. The van der Waals surface area contributed by atoms with Gasteiger partial charge in [0.25, 0.3) is 5.91 Å². The Kier molecular flexibility index (Phi) is 6.51. The summed E-state index contributed by atoms with van der Waals surface area (Å²) < 4.78 is 0.671. The third kappa shape index (κ3) is 5.36. The van der Waals surface area contributed by atoms with Gasteiger partial charge in [-0.15, -0.1) is 0 Å². The molecule has 7 heteroatoms. The number of carbonyl (C=O) groups is 1. The van der Waals surface area contributed by atoms with Crippen LogP contribution in [0.25, 0.3) is 0 Å². The number of hydrogen-bond donors (Lipinski definition) is 2. The van der Waals surface area contributed by atoms with Crippen LogP contribution in [0.15, 0.2) is 80.5 Å². The zero-order valence-electron chi connectivity index (χ0n) is 15.9. The molecule has 0 aliphatic heterocycles. The van der Waals surface area contributed by atoms with Gasteiger partial charge in [-0.05, 0) is 83.4 Å². The number of benzene rings is 3. The molecule has 0 saturated heterocycles. The van der Waals surface area contributed by atoms with E-state index in [0.29, 0.717) is 21.3 Å². The van der Waals surface area contributed by atoms with E-state index in [9.17, 15) is 9.90 Å². The van der Waals surface area contributed by atoms with Crippen molar-refractivity contribution in [2.24, 2.45) is 15.3 Å². The number of nitrogens with one attached hydrogen (secondary N) is 1. The summed E-state index contributed by atoms with van der Waals surface area (Å²) in [4.78, 5) is 12.2. The van der Waals surface area contributed by atoms with Crippen LogP contribution in [0, 0.1) is 13.8 Å². The number of carbonyl (C=O) groups excluding carboxylic acids is 1. The summed E-state index contributed by atoms with van der Waals surface area (Å²) in [5, 5.41) is 22.4. The van der Waals surface area contributed by atoms with E-state index < -0.39 is 0 Å². The average Bonchev–Trinajstić information content (AvgIpc) is 2.71. The van der Waals surface area contributed by atoms with Crippen molar-refractivity contribution in [3.63, 3.8) is 0 Å². The number of hydrazone groups is 1. The van der Waals surface area contributed by atoms with E-state index in [-0.39, 0.29) is 11.7 Å². The van der Waals surface area contributed by atoms with Crippen LogP contribution < -0.4 is 5.43 Å². The number of halogens is 1. The number of hydrogen-bond acceptors (Lipinski definition) is 5. The van der Waals surface area contributed by atoms with Crippen LogP contribution in [0.4, 0.5) is 11.4 Å². The Hall–Kier alpha value is -3.32. The van der Waals surface area contributed by atoms with Crippen molar-refractivity contribution < 1.29 is 9.90 Å². The predicted molar refractivity (Wildman–Crippen MR) is 117 cm³/mol. The van der Waals surface area contributed by atoms with Crippen LogP contribution in [0.1, 0.15) is 27.0 Å². The maximum atomic E-state index is 12.2. The van der Waals surface area contributed by atoms with Crippen molar-refractivity contribution in [1.82, 2.24) is 5.43 Å². The third-order valence-corrected chi connectivity index (χ3v) is 4.96. The van der Waals surface area contributed by atoms with Gasteiger partial charge in [-0.1, -0.05) is 18.2 Å². The molecule has 0 aromatic heterocycles. The molecule has 0 saturated carbocycles. The fourth-order valence-corrected chi connectivity index (χ4v) is 2.94. The Morgan fingerprint density at radius 3 is 2.38 bits per heavy atom. The Morgan fingerprint density at radius 1 is 0.966 bits per heavy atom. The van der Waals surface area contributed by atoms with E-state index in [1.165, 1.54) is 17.8 Å². The molecule has 0 radical (unpaired) electrons. The van der Waals surface area contributed by atoms with Crippen LogP contribution in [-0.4, -0.2) is 17.2 Å². The molecule has 0 atom stereocenters. The van der Waals surface area contributed by atoms with Crippen molar-refractivity contribution in [2.75, 3.05) is 0 Å². The van der Waals surface area contributed by atoms with E-state index in [1.54, 1.807) is 30.3 Å². The molecule has 0 heterocycles. The molecule has 3 aromatic carbocycles. The molecule has 3 rings (SSSR count). The number of amides is 1. The minimum atomic E-state index is -0.362. The molecular weight excluding hydrogens is 432 g/mol. The normalized spacial score (nSPS) is 11.3. The summed E-state index contributed by atoms with van der Waals surface area (Å²) in [6, 6.07) is 17.7. The van der Waals surface area contributed by atoms with Crippen LogP contribution in [0.2, 0.25) is 0 Å². The second-order valence-corrected chi connectivity index (χ2v) is 7.24. The van der Waals surface area contributed by atoms with E-state index >= 15 is 0 Å². The molecule has 29 heavy (non-hydrogen) atoms. The number of phenolic OH excluding ortho intramolecular Hbond substituents is 1. The SMILES string of the molecule is Cc1ccc(N=Nc2ccc(O)c(C=NNC(=O)c3ccccc3Br)c2)cc1C. The van der Waals surface area contributed by atoms with Crippen molar-refractivity contribution in [1.29, 1.82) is 0 Å². The molecule has 0 spiro atoms. The molecule has 3 aromatic rings. The lowest BCUT2D eigenvalue weighted by atomic mass is 10.1. The smallest absolute Gasteiger partial charge is 0.272 e. The Labute approximate surface area is 177 Å². The molecule has 0 aliphatic rings. The molecule has 0 aliphatic carbocycles. The highest BCUT2D eigenvalue weighted by atomic mass is 79.9. The lowest BCUT2D eigenvalue weighted by Crippen LogP contribution is -2.18. The zero-order chi connectivity index (χ0) is 20.8. The van der Waals surface area contributed by atoms with E-state index in [1.807, 2.05) is 38.1 Å². The fraction of sp³-hybridized carbons (Fsp3) is 0.0909. The first kappa shape index (κ1) is 20.4. The Bertz CT molecular complexity index is 1110. The highest BCUT2D eigenvalue weighted by Gasteiger charge is 2.08. The topological polar surface area (TPSA) is 86.4 Å². The quantitative estimate of drug-likeness (QED) is 0.285. The van der Waals surface area contributed by atoms with Crippen molar-refractivity contribution in [3.05, 3.63) is 87.4 Å². The Balaban J connectivity index is 1.72. The molecule has 2 N–H and O–H groups in total. The Morgan fingerprint density at radius 2 is 1.66 bits per heavy atom. The number of aryl methyl sites for hydroxylation is 2. The summed E-state index contributed by atoms with van der Waals surface area (Å²) in [7, 11) is 0. The highest BCUT2D eigenvalue weighted by molar-refractivity contribution is 9.10. The maximum absolute atomic E-state index is 12.2. The monoisotopic (exact) mass is 450 g/mol. The second-order valence-electron chi connectivity index (χ2n) is 6.39. The van der Waals surface area contributed by atoms with Crippen molar-refractivity contribution in [3.8, 4) is 5.75 Å². The van der Waals surface area contributed by atoms with Crippen LogP contribution in [0.5, 0.6) is 5.75 Å². The summed E-state index contributed by atoms with van der Waals surface area (Å²) >= 11 is 3.32. The van der Waals surface area contributed by atoms with Crippen LogP contribution in [0.3, 0.4) is 0 Å². The predicted octanol–water partition coefficient (Wildman–Crippen LogP) is 5.95. The van der Waals surface area contributed by atoms with Crippen molar-refractivity contribution >= 4 is 39.4 Å². The first-order valence-corrected chi connectivity index (χ1v) is 9.63. The summed E-state index contributed by atoms with van der Waals surface area (Å²) in [6.07, 6.45) is 1.36. The van der Waals surface area contributed by atoms with E-state index in [4.69, 9.17) is 0 Å². The second kappa shape index (κ2) is 9.25. The van der Waals surface area contributed by atoms with Gasteiger partial charge in [-0.2, -0.15) is 15.3 Å². The molecule has 0 unspecified atom stereocenters. The van der Waals surface area contributed by atoms with Gasteiger partial charge >= 0.3 is 0 Å². The number of nitrogens with zero attached hydrogens (tertiary/aromatic N) is 3. The van der Waals surface area contributed by atoms with Gasteiger partial charge in [-0.3, -0.25) is 4.79 Å². The average molecular weight is 451 g/mol. The summed E-state index contributed by atoms with van der Waals surface area (Å²) in [5.41, 5.74) is 6.95. The first-order chi connectivity index (χ1) is 13.9. The standard InChI is InChI=1S/C22H19BrN4O2/c1-14-7-8-17(11-15(14)2)25-26-18-9-10-21(28)16(12-18)13-24-27-22(29)19-5-3-4-6-20(19)23/h3-13,28H,1-2H3,(H,27,29). The van der Waals surface area contributed by atoms with Crippen LogP contribution >= 0.6 is 15.9 Å².